The molecule has 0 aliphatic heterocycles. The van der Waals surface area contributed by atoms with Gasteiger partial charge in [0.1, 0.15) is 0 Å². The highest BCUT2D eigenvalue weighted by molar-refractivity contribution is 14.1. The van der Waals surface area contributed by atoms with Crippen molar-refractivity contribution in [3.05, 3.63) is 25.7 Å². The van der Waals surface area contributed by atoms with Gasteiger partial charge in [-0.2, -0.15) is 0 Å². The summed E-state index contributed by atoms with van der Waals surface area (Å²) in [5.41, 5.74) is 0. The molecule has 0 saturated carbocycles. The average molecular weight is 305 g/mol. The number of thiol groups is 1. The van der Waals surface area contributed by atoms with Crippen molar-refractivity contribution in [2.24, 2.45) is 0 Å². The maximum Gasteiger partial charge on any atom is 0.0551 e. The van der Waals surface area contributed by atoms with Crippen LogP contribution in [0.15, 0.2) is 17.0 Å². The lowest BCUT2D eigenvalue weighted by atomic mass is 10.4. The van der Waals surface area contributed by atoms with Gasteiger partial charge in [-0.25, -0.2) is 0 Å². The predicted octanol–water partition coefficient (Wildman–Crippen LogP) is 3.89. The fourth-order valence-electron chi connectivity index (χ4n) is 0.516. The van der Waals surface area contributed by atoms with E-state index in [-0.39, 0.29) is 0 Å². The summed E-state index contributed by atoms with van der Waals surface area (Å²) in [6, 6.07) is 3.49. The van der Waals surface area contributed by atoms with Crippen LogP contribution in [-0.4, -0.2) is 0 Å². The van der Waals surface area contributed by atoms with Crippen LogP contribution in [0.1, 0.15) is 0 Å². The van der Waals surface area contributed by atoms with Gasteiger partial charge in [-0.1, -0.05) is 23.2 Å². The first-order valence-corrected chi connectivity index (χ1v) is 4.73. The SMILES string of the molecule is Sc1c(Cl)ccc(Cl)c1I. The van der Waals surface area contributed by atoms with Gasteiger partial charge in [-0.15, -0.1) is 12.6 Å². The Morgan fingerprint density at radius 1 is 1.20 bits per heavy atom. The van der Waals surface area contributed by atoms with E-state index in [0.717, 1.165) is 8.47 Å². The van der Waals surface area contributed by atoms with E-state index in [1.54, 1.807) is 12.1 Å². The maximum atomic E-state index is 5.77. The molecule has 0 aliphatic carbocycles. The van der Waals surface area contributed by atoms with E-state index in [0.29, 0.717) is 10.0 Å². The third-order valence-corrected chi connectivity index (χ3v) is 4.11. The lowest BCUT2D eigenvalue weighted by Gasteiger charge is -2.00. The lowest BCUT2D eigenvalue weighted by molar-refractivity contribution is 1.41. The van der Waals surface area contributed by atoms with Crippen molar-refractivity contribution in [3.63, 3.8) is 0 Å². The molecule has 1 aromatic rings. The van der Waals surface area contributed by atoms with E-state index in [2.05, 4.69) is 35.2 Å². The molecule has 0 atom stereocenters. The van der Waals surface area contributed by atoms with Crippen LogP contribution in [0.25, 0.3) is 0 Å². The minimum absolute atomic E-state index is 0.636. The van der Waals surface area contributed by atoms with Crippen LogP contribution < -0.4 is 0 Å². The van der Waals surface area contributed by atoms with Crippen molar-refractivity contribution in [3.8, 4) is 0 Å². The number of rotatable bonds is 0. The molecular weight excluding hydrogens is 302 g/mol. The minimum atomic E-state index is 0.636. The van der Waals surface area contributed by atoms with Crippen LogP contribution in [0.4, 0.5) is 0 Å². The molecule has 10 heavy (non-hydrogen) atoms. The van der Waals surface area contributed by atoms with Crippen molar-refractivity contribution in [1.29, 1.82) is 0 Å². The van der Waals surface area contributed by atoms with Crippen LogP contribution in [0.2, 0.25) is 10.0 Å². The second kappa shape index (κ2) is 3.52. The second-order valence-corrected chi connectivity index (χ2v) is 4.03. The Morgan fingerprint density at radius 3 is 2.20 bits per heavy atom. The fraction of sp³-hybridized carbons (Fsp3) is 0. The van der Waals surface area contributed by atoms with Crippen LogP contribution >= 0.6 is 58.4 Å². The molecule has 0 N–H and O–H groups in total. The highest BCUT2D eigenvalue weighted by Gasteiger charge is 2.03. The smallest absolute Gasteiger partial charge is 0.0551 e. The summed E-state index contributed by atoms with van der Waals surface area (Å²) in [7, 11) is 0. The van der Waals surface area contributed by atoms with Crippen molar-refractivity contribution in [2.75, 3.05) is 0 Å². The summed E-state index contributed by atoms with van der Waals surface area (Å²) in [4.78, 5) is 0.745. The summed E-state index contributed by atoms with van der Waals surface area (Å²) in [5.74, 6) is 0. The molecule has 1 aromatic carbocycles. The number of halogens is 3. The Morgan fingerprint density at radius 2 is 1.70 bits per heavy atom. The molecule has 0 radical (unpaired) electrons. The van der Waals surface area contributed by atoms with Gasteiger partial charge < -0.3 is 0 Å². The zero-order chi connectivity index (χ0) is 7.72. The first-order valence-electron chi connectivity index (χ1n) is 2.45. The van der Waals surface area contributed by atoms with Crippen molar-refractivity contribution < 1.29 is 0 Å². The summed E-state index contributed by atoms with van der Waals surface area (Å²) in [5, 5.41) is 1.33. The molecule has 0 heterocycles. The van der Waals surface area contributed by atoms with Gasteiger partial charge in [-0.05, 0) is 34.7 Å². The van der Waals surface area contributed by atoms with Crippen molar-refractivity contribution in [1.82, 2.24) is 0 Å². The molecule has 54 valence electrons. The number of hydrogen-bond donors (Lipinski definition) is 1. The summed E-state index contributed by atoms with van der Waals surface area (Å²) in [6.45, 7) is 0. The van der Waals surface area contributed by atoms with Crippen LogP contribution in [0, 0.1) is 3.57 Å². The molecule has 0 bridgehead atoms. The third kappa shape index (κ3) is 1.72. The normalized spacial score (nSPS) is 10.0. The topological polar surface area (TPSA) is 0 Å². The van der Waals surface area contributed by atoms with E-state index in [1.165, 1.54) is 0 Å². The van der Waals surface area contributed by atoms with Gasteiger partial charge in [0.25, 0.3) is 0 Å². The van der Waals surface area contributed by atoms with Gasteiger partial charge in [0.05, 0.1) is 10.0 Å². The van der Waals surface area contributed by atoms with E-state index >= 15 is 0 Å². The maximum absolute atomic E-state index is 5.77. The molecule has 0 aromatic heterocycles. The fourth-order valence-corrected chi connectivity index (χ4v) is 1.72. The van der Waals surface area contributed by atoms with Crippen molar-refractivity contribution in [2.45, 2.75) is 4.90 Å². The molecule has 0 aliphatic rings. The summed E-state index contributed by atoms with van der Waals surface area (Å²) in [6.07, 6.45) is 0. The zero-order valence-corrected chi connectivity index (χ0v) is 9.30. The Bertz CT molecular complexity index is 235. The largest absolute Gasteiger partial charge is 0.141 e. The van der Waals surface area contributed by atoms with Gasteiger partial charge in [0.2, 0.25) is 0 Å². The molecule has 0 saturated heterocycles. The van der Waals surface area contributed by atoms with E-state index in [1.807, 2.05) is 0 Å². The highest BCUT2D eigenvalue weighted by atomic mass is 127. The van der Waals surface area contributed by atoms with Gasteiger partial charge in [0.15, 0.2) is 0 Å². The predicted molar refractivity (Wildman–Crippen MR) is 56.4 cm³/mol. The van der Waals surface area contributed by atoms with Crippen molar-refractivity contribution >= 4 is 58.4 Å². The molecule has 4 heteroatoms. The number of hydrogen-bond acceptors (Lipinski definition) is 1. The Hall–Kier alpha value is 0.880. The van der Waals surface area contributed by atoms with Crippen LogP contribution in [0.3, 0.4) is 0 Å². The van der Waals surface area contributed by atoms with Crippen LogP contribution in [0.5, 0.6) is 0 Å². The first-order chi connectivity index (χ1) is 4.63. The van der Waals surface area contributed by atoms with E-state index in [4.69, 9.17) is 23.2 Å². The van der Waals surface area contributed by atoms with Gasteiger partial charge >= 0.3 is 0 Å². The van der Waals surface area contributed by atoms with E-state index in [9.17, 15) is 0 Å². The Labute approximate surface area is 88.5 Å². The Kier molecular flexibility index (Phi) is 3.16. The number of benzene rings is 1. The summed E-state index contributed by atoms with van der Waals surface area (Å²) >= 11 is 17.8. The highest BCUT2D eigenvalue weighted by Crippen LogP contribution is 2.30. The van der Waals surface area contributed by atoms with Gasteiger partial charge in [-0.3, -0.25) is 0 Å². The third-order valence-electron chi connectivity index (χ3n) is 1.02. The summed E-state index contributed by atoms with van der Waals surface area (Å²) < 4.78 is 0.898. The monoisotopic (exact) mass is 304 g/mol. The molecule has 0 amide bonds. The average Bonchev–Trinajstić information content (AvgIpc) is 1.93. The van der Waals surface area contributed by atoms with E-state index < -0.39 is 0 Å². The van der Waals surface area contributed by atoms with Gasteiger partial charge in [0, 0.05) is 8.47 Å². The molecular formula is C6H3Cl2IS. The standard InChI is InChI=1S/C6H3Cl2IS/c7-3-1-2-4(8)6(10)5(3)9/h1-2,10H. The van der Waals surface area contributed by atoms with Crippen LogP contribution in [-0.2, 0) is 0 Å². The molecule has 0 spiro atoms. The molecule has 1 rings (SSSR count). The lowest BCUT2D eigenvalue weighted by Crippen LogP contribution is -1.77. The zero-order valence-electron chi connectivity index (χ0n) is 4.74. The Balaban J connectivity index is 3.34. The quantitative estimate of drug-likeness (QED) is 0.420. The molecule has 0 nitrogen and oxygen atoms in total. The first kappa shape index (κ1) is 8.97. The molecule has 0 unspecified atom stereocenters. The molecule has 0 fully saturated rings. The second-order valence-electron chi connectivity index (χ2n) is 1.69. The minimum Gasteiger partial charge on any atom is -0.141 e.